The first-order valence-corrected chi connectivity index (χ1v) is 33.3. The lowest BCUT2D eigenvalue weighted by atomic mass is 9.91. The van der Waals surface area contributed by atoms with Crippen molar-refractivity contribution in [1.82, 2.24) is 32.1 Å². The van der Waals surface area contributed by atoms with Crippen LogP contribution in [-0.2, 0) is 65.6 Å². The average molecular weight is 1250 g/mol. The number of amides is 5. The van der Waals surface area contributed by atoms with Crippen molar-refractivity contribution in [2.75, 3.05) is 44.2 Å². The third-order valence-electron chi connectivity index (χ3n) is 15.0. The third-order valence-corrected chi connectivity index (χ3v) is 16.3. The number of nitrogens with one attached hydrogen (secondary N) is 6. The van der Waals surface area contributed by atoms with E-state index in [-0.39, 0.29) is 107 Å². The molecule has 87 heavy (non-hydrogen) atoms. The predicted molar refractivity (Wildman–Crippen MR) is 341 cm³/mol. The second kappa shape index (κ2) is 45.4. The summed E-state index contributed by atoms with van der Waals surface area (Å²) in [5, 5.41) is 10.4. The molecule has 8 atom stereocenters. The summed E-state index contributed by atoms with van der Waals surface area (Å²) in [5.74, 6) is -7.00. The van der Waals surface area contributed by atoms with Gasteiger partial charge in [0.25, 0.3) is 0 Å². The fourth-order valence-electron chi connectivity index (χ4n) is 9.83. The summed E-state index contributed by atoms with van der Waals surface area (Å²) < 4.78 is 0. The number of urea groups is 1. The molecule has 0 radical (unpaired) electrons. The number of thioether (sulfide) groups is 2. The maximum absolute atomic E-state index is 14.1. The zero-order chi connectivity index (χ0) is 64.5. The normalized spacial score (nSPS) is 14.0. The van der Waals surface area contributed by atoms with Gasteiger partial charge in [0.2, 0.25) is 35.1 Å². The van der Waals surface area contributed by atoms with Crippen LogP contribution in [-0.4, -0.2) is 150 Å². The monoisotopic (exact) mass is 1250 g/mol. The summed E-state index contributed by atoms with van der Waals surface area (Å²) in [6, 6.07) is 11.4. The van der Waals surface area contributed by atoms with Gasteiger partial charge in [-0.25, -0.2) is 10.2 Å². The molecule has 0 bridgehead atoms. The lowest BCUT2D eigenvalue weighted by Gasteiger charge is -2.24. The molecule has 0 aliphatic heterocycles. The molecular weight excluding hydrogens is 1150 g/mol. The lowest BCUT2D eigenvalue weighted by Crippen LogP contribution is -2.56. The molecule has 2 aromatic rings. The third kappa shape index (κ3) is 32.3. The number of hydrogen-bond donors (Lipinski definition) is 10. The van der Waals surface area contributed by atoms with E-state index in [4.69, 9.17) is 22.9 Å². The van der Waals surface area contributed by atoms with Crippen molar-refractivity contribution >= 4 is 93.5 Å². The molecule has 0 saturated carbocycles. The van der Waals surface area contributed by atoms with Crippen LogP contribution in [0.2, 0.25) is 0 Å². The minimum absolute atomic E-state index is 0.0677. The molecule has 484 valence electrons. The lowest BCUT2D eigenvalue weighted by molar-refractivity contribution is -0.138. The fraction of sp³-hybridized carbons (Fsp3) is 0.619. The van der Waals surface area contributed by atoms with Crippen molar-refractivity contribution < 1.29 is 57.5 Å². The Morgan fingerprint density at radius 3 is 1.36 bits per heavy atom. The van der Waals surface area contributed by atoms with Crippen LogP contribution in [0.4, 0.5) is 4.79 Å². The van der Waals surface area contributed by atoms with Gasteiger partial charge in [-0.3, -0.25) is 63.5 Å². The van der Waals surface area contributed by atoms with Crippen molar-refractivity contribution in [3.63, 3.8) is 0 Å². The Balaban J connectivity index is 2.29. The van der Waals surface area contributed by atoms with Crippen LogP contribution < -0.4 is 55.1 Å². The highest BCUT2D eigenvalue weighted by Crippen LogP contribution is 2.21. The van der Waals surface area contributed by atoms with E-state index >= 15 is 0 Å². The van der Waals surface area contributed by atoms with Crippen LogP contribution in [0.5, 0.6) is 0 Å². The summed E-state index contributed by atoms with van der Waals surface area (Å²) in [4.78, 5) is 161. The molecule has 0 aliphatic rings. The molecular formula is C63H98N10O12S2. The van der Waals surface area contributed by atoms with Crippen LogP contribution in [0.1, 0.15) is 153 Å². The van der Waals surface area contributed by atoms with E-state index in [1.807, 2.05) is 42.8 Å². The molecule has 0 heterocycles. The Kier molecular flexibility index (Phi) is 40.3. The van der Waals surface area contributed by atoms with Gasteiger partial charge in [0.05, 0.1) is 30.2 Å². The number of likely N-dealkylation sites (N-methyl/N-ethyl adjacent to an activating group) is 1. The number of rotatable bonds is 51. The number of hydrazine groups is 1. The maximum Gasteiger partial charge on any atom is 0.322 e. The van der Waals surface area contributed by atoms with E-state index in [9.17, 15) is 57.5 Å². The van der Waals surface area contributed by atoms with Crippen LogP contribution in [0.25, 0.3) is 0 Å². The highest BCUT2D eigenvalue weighted by molar-refractivity contribution is 7.98. The van der Waals surface area contributed by atoms with E-state index in [0.29, 0.717) is 88.8 Å². The molecule has 24 heteroatoms. The Bertz CT molecular complexity index is 2490. The first kappa shape index (κ1) is 77.2. The van der Waals surface area contributed by atoms with Gasteiger partial charge in [-0.1, -0.05) is 86.3 Å². The number of hydrogen-bond acceptors (Lipinski definition) is 20. The molecule has 0 saturated heterocycles. The summed E-state index contributed by atoms with van der Waals surface area (Å²) in [6.45, 7) is 1.78. The van der Waals surface area contributed by atoms with E-state index in [1.54, 1.807) is 37.4 Å². The molecule has 0 fully saturated rings. The highest BCUT2D eigenvalue weighted by Gasteiger charge is 2.34. The van der Waals surface area contributed by atoms with Crippen LogP contribution in [0.15, 0.2) is 60.7 Å². The van der Waals surface area contributed by atoms with Crippen LogP contribution >= 0.6 is 23.5 Å². The SMILES string of the molecule is CN[C@@H](Cc1ccccc1)C(=O)C(=O)[C@H](CCCCN)NC(=O)NC(=O)C(CCCCCC(=O)C(N)CSC)CC(=O)CCCC(=O)CC(CCCCCC(=O)C(N)CSC)C(=O)NN[C@@H](Cc1ccccc1)C(=O)N[C@@H](CCCCN)C(=O)C(C)=O. The van der Waals surface area contributed by atoms with Crippen LogP contribution in [0.3, 0.4) is 0 Å². The largest absolute Gasteiger partial charge is 0.344 e. The first-order chi connectivity index (χ1) is 41.7. The minimum atomic E-state index is -1.28. The molecule has 0 aromatic heterocycles. The zero-order valence-corrected chi connectivity index (χ0v) is 53.1. The number of carbonyl (C=O) groups is 12. The quantitative estimate of drug-likeness (QED) is 0.0254. The molecule has 22 nitrogen and oxygen atoms in total. The number of Topliss-reactive ketones (excluding diaryl/α,β-unsaturated/α-hetero) is 8. The zero-order valence-electron chi connectivity index (χ0n) is 51.5. The second-order valence-electron chi connectivity index (χ2n) is 22.2. The van der Waals surface area contributed by atoms with E-state index in [1.165, 1.54) is 23.5 Å². The number of nitrogens with two attached hydrogens (primary N) is 4. The van der Waals surface area contributed by atoms with E-state index < -0.39 is 95.0 Å². The number of unbranched alkanes of at least 4 members (excludes halogenated alkanes) is 6. The van der Waals surface area contributed by atoms with Gasteiger partial charge in [0.1, 0.15) is 29.2 Å². The minimum Gasteiger partial charge on any atom is -0.344 e. The summed E-state index contributed by atoms with van der Waals surface area (Å²) in [6.07, 6.45) is 9.24. The summed E-state index contributed by atoms with van der Waals surface area (Å²) >= 11 is 2.93. The van der Waals surface area contributed by atoms with Gasteiger partial charge in [-0.05, 0) is 127 Å². The average Bonchev–Trinajstić information content (AvgIpc) is 3.68. The molecule has 14 N–H and O–H groups in total. The molecule has 0 spiro atoms. The summed E-state index contributed by atoms with van der Waals surface area (Å²) in [7, 11) is 1.56. The molecule has 0 aliphatic carbocycles. The maximum atomic E-state index is 14.1. The molecule has 5 amide bonds. The van der Waals surface area contributed by atoms with Crippen molar-refractivity contribution in [2.45, 2.75) is 191 Å². The van der Waals surface area contributed by atoms with E-state index in [0.717, 1.165) is 18.1 Å². The van der Waals surface area contributed by atoms with Crippen molar-refractivity contribution in [1.29, 1.82) is 0 Å². The molecule has 4 unspecified atom stereocenters. The Labute approximate surface area is 522 Å². The van der Waals surface area contributed by atoms with Gasteiger partial charge >= 0.3 is 6.03 Å². The number of imide groups is 1. The Hall–Kier alpha value is -5.86. The van der Waals surface area contributed by atoms with Gasteiger partial charge in [-0.2, -0.15) is 23.5 Å². The molecule has 2 aromatic carbocycles. The Morgan fingerprint density at radius 1 is 0.471 bits per heavy atom. The number of benzene rings is 2. The summed E-state index contributed by atoms with van der Waals surface area (Å²) in [5.41, 5.74) is 30.4. The number of carbonyl (C=O) groups excluding carboxylic acids is 12. The van der Waals surface area contributed by atoms with Crippen molar-refractivity contribution in [3.05, 3.63) is 71.8 Å². The molecule has 2 rings (SSSR count). The smallest absolute Gasteiger partial charge is 0.322 e. The first-order valence-electron chi connectivity index (χ1n) is 30.5. The Morgan fingerprint density at radius 2 is 0.908 bits per heavy atom. The van der Waals surface area contributed by atoms with Crippen molar-refractivity contribution in [2.24, 2.45) is 34.8 Å². The van der Waals surface area contributed by atoms with Crippen molar-refractivity contribution in [3.8, 4) is 0 Å². The van der Waals surface area contributed by atoms with Gasteiger partial charge in [0.15, 0.2) is 5.78 Å². The van der Waals surface area contributed by atoms with E-state index in [2.05, 4.69) is 32.1 Å². The van der Waals surface area contributed by atoms with Gasteiger partial charge in [-0.15, -0.1) is 0 Å². The van der Waals surface area contributed by atoms with Crippen LogP contribution in [0, 0.1) is 11.8 Å². The highest BCUT2D eigenvalue weighted by atomic mass is 32.2. The fourth-order valence-corrected chi connectivity index (χ4v) is 10.9. The number of ketones is 8. The second-order valence-corrected chi connectivity index (χ2v) is 24.0. The predicted octanol–water partition coefficient (Wildman–Crippen LogP) is 4.02. The topological polar surface area (TPSA) is 381 Å². The standard InChI is InChI=1S/C63H98N10O12S2/c1-42(74)57(79)51(30-17-19-34-64)69-62(84)54(37-44-24-11-6-12-25-44)72-73-61(83)46(27-14-8-16-33-56(78)50(67)41-87-4)39-48(76)29-21-28-47(75)38-45(26-13-7-15-32-55(77)49(66)40-86-3)60(82)71-63(85)70-52(31-18-20-35-65)58(80)59(81)53(68-2)36-43-22-9-5-10-23-43/h5-6,9-12,22-25,45-46,49-54,68,72H,7-8,13-21,26-41,64-67H2,1-4H3,(H,69,84)(H,73,83)(H2,70,71,82,85)/t45?,46?,49?,50?,51-,52-,53-,54-/m0/s1. The van der Waals surface area contributed by atoms with Gasteiger partial charge < -0.3 is 38.9 Å². The van der Waals surface area contributed by atoms with Gasteiger partial charge in [0, 0.05) is 68.8 Å².